The SMILES string of the molecule is CC(C)Oc1ncnc(N2CCN(C)CC2)c1[N+](=O)[O-]. The average Bonchev–Trinajstić information content (AvgIpc) is 2.38. The fraction of sp³-hybridized carbons (Fsp3) is 0.667. The summed E-state index contributed by atoms with van der Waals surface area (Å²) < 4.78 is 5.43. The number of piperazine rings is 1. The van der Waals surface area contributed by atoms with E-state index in [1.54, 1.807) is 13.8 Å². The molecule has 1 fully saturated rings. The zero-order chi connectivity index (χ0) is 14.7. The Labute approximate surface area is 117 Å². The zero-order valence-corrected chi connectivity index (χ0v) is 11.9. The van der Waals surface area contributed by atoms with Crippen LogP contribution in [0.5, 0.6) is 5.88 Å². The van der Waals surface area contributed by atoms with Gasteiger partial charge in [0.1, 0.15) is 6.33 Å². The second-order valence-electron chi connectivity index (χ2n) is 5.07. The Hall–Kier alpha value is -1.96. The van der Waals surface area contributed by atoms with Gasteiger partial charge in [0.25, 0.3) is 5.88 Å². The van der Waals surface area contributed by atoms with Gasteiger partial charge in [-0.1, -0.05) is 0 Å². The summed E-state index contributed by atoms with van der Waals surface area (Å²) in [5.74, 6) is 0.377. The molecule has 8 nitrogen and oxygen atoms in total. The summed E-state index contributed by atoms with van der Waals surface area (Å²) in [4.78, 5) is 22.9. The number of aromatic nitrogens is 2. The lowest BCUT2D eigenvalue weighted by Gasteiger charge is -2.32. The van der Waals surface area contributed by atoms with E-state index in [4.69, 9.17) is 4.74 Å². The molecule has 20 heavy (non-hydrogen) atoms. The lowest BCUT2D eigenvalue weighted by molar-refractivity contribution is -0.385. The zero-order valence-electron chi connectivity index (χ0n) is 11.9. The Morgan fingerprint density at radius 3 is 2.50 bits per heavy atom. The van der Waals surface area contributed by atoms with Crippen LogP contribution in [0, 0.1) is 10.1 Å². The fourth-order valence-corrected chi connectivity index (χ4v) is 2.07. The van der Waals surface area contributed by atoms with Crippen molar-refractivity contribution in [1.82, 2.24) is 14.9 Å². The molecular formula is C12H19N5O3. The van der Waals surface area contributed by atoms with Crippen LogP contribution in [-0.4, -0.2) is 59.1 Å². The minimum absolute atomic E-state index is 0.0360. The Kier molecular flexibility index (Phi) is 4.33. The third kappa shape index (κ3) is 3.13. The quantitative estimate of drug-likeness (QED) is 0.599. The third-order valence-corrected chi connectivity index (χ3v) is 3.10. The highest BCUT2D eigenvalue weighted by Crippen LogP contribution is 2.34. The number of anilines is 1. The summed E-state index contributed by atoms with van der Waals surface area (Å²) in [6.45, 7) is 6.72. The maximum absolute atomic E-state index is 11.3. The predicted molar refractivity (Wildman–Crippen MR) is 74.2 cm³/mol. The number of ether oxygens (including phenoxy) is 1. The van der Waals surface area contributed by atoms with Crippen LogP contribution in [0.2, 0.25) is 0 Å². The molecule has 1 aromatic heterocycles. The van der Waals surface area contributed by atoms with Crippen LogP contribution in [0.1, 0.15) is 13.8 Å². The van der Waals surface area contributed by atoms with Crippen LogP contribution >= 0.6 is 0 Å². The van der Waals surface area contributed by atoms with E-state index in [1.165, 1.54) is 6.33 Å². The molecule has 1 aliphatic heterocycles. The molecule has 0 N–H and O–H groups in total. The molecule has 110 valence electrons. The van der Waals surface area contributed by atoms with Gasteiger partial charge in [0.15, 0.2) is 0 Å². The van der Waals surface area contributed by atoms with E-state index in [0.717, 1.165) is 13.1 Å². The van der Waals surface area contributed by atoms with Gasteiger partial charge in [-0.05, 0) is 20.9 Å². The van der Waals surface area contributed by atoms with Crippen LogP contribution in [0.15, 0.2) is 6.33 Å². The van der Waals surface area contributed by atoms with Crippen LogP contribution in [0.4, 0.5) is 11.5 Å². The Balaban J connectivity index is 2.34. The maximum atomic E-state index is 11.3. The molecule has 0 atom stereocenters. The molecule has 1 aromatic rings. The van der Waals surface area contributed by atoms with Gasteiger partial charge >= 0.3 is 5.69 Å². The first-order valence-electron chi connectivity index (χ1n) is 6.58. The van der Waals surface area contributed by atoms with Gasteiger partial charge in [-0.25, -0.2) is 4.98 Å². The molecular weight excluding hydrogens is 262 g/mol. The number of hydrogen-bond donors (Lipinski definition) is 0. The lowest BCUT2D eigenvalue weighted by Crippen LogP contribution is -2.45. The predicted octanol–water partition coefficient (Wildman–Crippen LogP) is 0.924. The largest absolute Gasteiger partial charge is 0.470 e. The van der Waals surface area contributed by atoms with Crippen molar-refractivity contribution in [2.75, 3.05) is 38.1 Å². The van der Waals surface area contributed by atoms with E-state index in [0.29, 0.717) is 18.9 Å². The van der Waals surface area contributed by atoms with Crippen molar-refractivity contribution in [3.63, 3.8) is 0 Å². The number of hydrogen-bond acceptors (Lipinski definition) is 7. The molecule has 0 spiro atoms. The summed E-state index contributed by atoms with van der Waals surface area (Å²) in [6, 6.07) is 0. The smallest absolute Gasteiger partial charge is 0.372 e. The van der Waals surface area contributed by atoms with E-state index in [-0.39, 0.29) is 17.7 Å². The summed E-state index contributed by atoms with van der Waals surface area (Å²) in [5.41, 5.74) is -0.147. The van der Waals surface area contributed by atoms with Crippen LogP contribution in [-0.2, 0) is 0 Å². The molecule has 0 unspecified atom stereocenters. The molecule has 8 heteroatoms. The Morgan fingerprint density at radius 1 is 1.30 bits per heavy atom. The molecule has 0 aliphatic carbocycles. The van der Waals surface area contributed by atoms with Gasteiger partial charge in [0.2, 0.25) is 5.82 Å². The minimum Gasteiger partial charge on any atom is -0.470 e. The molecule has 0 saturated carbocycles. The van der Waals surface area contributed by atoms with Gasteiger partial charge < -0.3 is 14.5 Å². The summed E-state index contributed by atoms with van der Waals surface area (Å²) in [7, 11) is 2.03. The first kappa shape index (κ1) is 14.4. The fourth-order valence-electron chi connectivity index (χ4n) is 2.07. The maximum Gasteiger partial charge on any atom is 0.372 e. The summed E-state index contributed by atoms with van der Waals surface area (Å²) in [5, 5.41) is 11.3. The second kappa shape index (κ2) is 6.00. The van der Waals surface area contributed by atoms with Crippen LogP contribution < -0.4 is 9.64 Å². The molecule has 0 radical (unpaired) electrons. The number of nitrogens with zero attached hydrogens (tertiary/aromatic N) is 5. The normalized spacial score (nSPS) is 16.5. The van der Waals surface area contributed by atoms with Crippen LogP contribution in [0.25, 0.3) is 0 Å². The minimum atomic E-state index is -0.467. The first-order valence-corrected chi connectivity index (χ1v) is 6.58. The van der Waals surface area contributed by atoms with E-state index in [2.05, 4.69) is 14.9 Å². The van der Waals surface area contributed by atoms with Crippen molar-refractivity contribution in [1.29, 1.82) is 0 Å². The molecule has 2 heterocycles. The van der Waals surface area contributed by atoms with Gasteiger partial charge in [-0.15, -0.1) is 0 Å². The van der Waals surface area contributed by atoms with Crippen molar-refractivity contribution in [2.45, 2.75) is 20.0 Å². The van der Waals surface area contributed by atoms with Crippen molar-refractivity contribution < 1.29 is 9.66 Å². The van der Waals surface area contributed by atoms with E-state index >= 15 is 0 Å². The van der Waals surface area contributed by atoms with Crippen molar-refractivity contribution in [2.24, 2.45) is 0 Å². The van der Waals surface area contributed by atoms with Crippen molar-refractivity contribution in [3.8, 4) is 5.88 Å². The second-order valence-corrected chi connectivity index (χ2v) is 5.07. The molecule has 1 saturated heterocycles. The monoisotopic (exact) mass is 281 g/mol. The molecule has 2 rings (SSSR count). The Bertz CT molecular complexity index is 486. The topological polar surface area (TPSA) is 84.6 Å². The van der Waals surface area contributed by atoms with E-state index in [9.17, 15) is 10.1 Å². The summed E-state index contributed by atoms with van der Waals surface area (Å²) >= 11 is 0. The highest BCUT2D eigenvalue weighted by Gasteiger charge is 2.30. The van der Waals surface area contributed by atoms with Gasteiger partial charge in [-0.2, -0.15) is 4.98 Å². The summed E-state index contributed by atoms with van der Waals surface area (Å²) in [6.07, 6.45) is 1.14. The first-order chi connectivity index (χ1) is 9.49. The highest BCUT2D eigenvalue weighted by atomic mass is 16.6. The number of likely N-dealkylation sites (N-methyl/N-ethyl adjacent to an activating group) is 1. The standard InChI is InChI=1S/C12H19N5O3/c1-9(2)20-12-10(17(18)19)11(13-8-14-12)16-6-4-15(3)5-7-16/h8-9H,4-7H2,1-3H3. The van der Waals surface area contributed by atoms with Crippen LogP contribution in [0.3, 0.4) is 0 Å². The average molecular weight is 281 g/mol. The van der Waals surface area contributed by atoms with Crippen molar-refractivity contribution in [3.05, 3.63) is 16.4 Å². The third-order valence-electron chi connectivity index (χ3n) is 3.10. The van der Waals surface area contributed by atoms with Gasteiger partial charge in [0, 0.05) is 26.2 Å². The van der Waals surface area contributed by atoms with E-state index < -0.39 is 4.92 Å². The van der Waals surface area contributed by atoms with Gasteiger partial charge in [-0.3, -0.25) is 10.1 Å². The highest BCUT2D eigenvalue weighted by molar-refractivity contribution is 5.63. The molecule has 1 aliphatic rings. The number of rotatable bonds is 4. The molecule has 0 aromatic carbocycles. The number of nitro groups is 1. The van der Waals surface area contributed by atoms with E-state index in [1.807, 2.05) is 11.9 Å². The molecule has 0 bridgehead atoms. The van der Waals surface area contributed by atoms with Crippen molar-refractivity contribution >= 4 is 11.5 Å². The van der Waals surface area contributed by atoms with Gasteiger partial charge in [0.05, 0.1) is 11.0 Å². The lowest BCUT2D eigenvalue weighted by atomic mass is 10.3. The molecule has 0 amide bonds. The Morgan fingerprint density at radius 2 is 1.95 bits per heavy atom.